The molecular formula is C13H19N5O. The second-order valence-corrected chi connectivity index (χ2v) is 4.40. The Morgan fingerprint density at radius 2 is 2.16 bits per heavy atom. The maximum absolute atomic E-state index is 8.71. The Hall–Kier alpha value is -1.95. The van der Waals surface area contributed by atoms with Crippen molar-refractivity contribution in [2.24, 2.45) is 0 Å². The third-order valence-electron chi connectivity index (χ3n) is 2.88. The summed E-state index contributed by atoms with van der Waals surface area (Å²) in [5, 5.41) is 23.5. The number of hydrogen-bond acceptors (Lipinski definition) is 5. The second kappa shape index (κ2) is 6.84. The average molecular weight is 261 g/mol. The quantitative estimate of drug-likeness (QED) is 0.739. The number of benzene rings is 1. The fourth-order valence-electron chi connectivity index (χ4n) is 1.86. The van der Waals surface area contributed by atoms with Crippen LogP contribution in [0.5, 0.6) is 0 Å². The van der Waals surface area contributed by atoms with Crippen molar-refractivity contribution in [2.75, 3.05) is 18.5 Å². The fourth-order valence-corrected chi connectivity index (χ4v) is 1.86. The van der Waals surface area contributed by atoms with Crippen molar-refractivity contribution < 1.29 is 5.11 Å². The molecule has 0 saturated heterocycles. The molecule has 0 aliphatic carbocycles. The molecule has 0 aliphatic rings. The first-order chi connectivity index (χ1) is 9.31. The molecule has 2 aromatic rings. The third-order valence-corrected chi connectivity index (χ3v) is 2.88. The molecule has 0 unspecified atom stereocenters. The second-order valence-electron chi connectivity index (χ2n) is 4.40. The van der Waals surface area contributed by atoms with Gasteiger partial charge in [-0.05, 0) is 54.8 Å². The van der Waals surface area contributed by atoms with Crippen LogP contribution >= 0.6 is 0 Å². The van der Waals surface area contributed by atoms with Gasteiger partial charge in [0.15, 0.2) is 5.82 Å². The molecule has 0 aliphatic heterocycles. The largest absolute Gasteiger partial charge is 0.396 e. The van der Waals surface area contributed by atoms with Crippen LogP contribution in [-0.2, 0) is 0 Å². The van der Waals surface area contributed by atoms with Crippen molar-refractivity contribution in [3.63, 3.8) is 0 Å². The third kappa shape index (κ3) is 3.75. The summed E-state index contributed by atoms with van der Waals surface area (Å²) in [7, 11) is 0. The van der Waals surface area contributed by atoms with Gasteiger partial charge in [-0.2, -0.15) is 4.68 Å². The number of nitrogens with one attached hydrogen (secondary N) is 1. The summed E-state index contributed by atoms with van der Waals surface area (Å²) in [5.41, 5.74) is 2.00. The average Bonchev–Trinajstić information content (AvgIpc) is 2.85. The molecule has 2 N–H and O–H groups in total. The highest BCUT2D eigenvalue weighted by atomic mass is 16.2. The summed E-state index contributed by atoms with van der Waals surface area (Å²) in [6.45, 7) is 3.04. The molecule has 1 aromatic carbocycles. The molecule has 1 heterocycles. The van der Waals surface area contributed by atoms with Crippen LogP contribution in [0.1, 0.15) is 25.1 Å². The van der Waals surface area contributed by atoms with E-state index in [-0.39, 0.29) is 6.61 Å². The van der Waals surface area contributed by atoms with Crippen LogP contribution in [0.2, 0.25) is 0 Å². The Labute approximate surface area is 112 Å². The number of anilines is 1. The predicted molar refractivity (Wildman–Crippen MR) is 73.3 cm³/mol. The van der Waals surface area contributed by atoms with E-state index in [1.54, 1.807) is 4.68 Å². The lowest BCUT2D eigenvalue weighted by Crippen LogP contribution is -2.04. The molecule has 1 aromatic heterocycles. The number of tetrazole rings is 1. The number of aliphatic hydroxyl groups excluding tert-OH is 1. The molecule has 0 saturated carbocycles. The number of rotatable bonds is 7. The van der Waals surface area contributed by atoms with Crippen LogP contribution in [0, 0.1) is 6.92 Å². The molecule has 0 spiro atoms. The minimum Gasteiger partial charge on any atom is -0.396 e. The van der Waals surface area contributed by atoms with E-state index in [1.807, 2.05) is 31.2 Å². The highest BCUT2D eigenvalue weighted by Gasteiger charge is 2.03. The lowest BCUT2D eigenvalue weighted by Gasteiger charge is -2.08. The van der Waals surface area contributed by atoms with Crippen LogP contribution in [0.25, 0.3) is 5.69 Å². The molecule has 0 radical (unpaired) electrons. The standard InChI is InChI=1S/C13H19N5O/c1-11-15-16-17-18(11)13-7-5-6-12(10-13)14-8-3-2-4-9-19/h5-7,10,14,19H,2-4,8-9H2,1H3. The van der Waals surface area contributed by atoms with Crippen LogP contribution in [0.15, 0.2) is 24.3 Å². The lowest BCUT2D eigenvalue weighted by molar-refractivity contribution is 0.283. The van der Waals surface area contributed by atoms with Gasteiger partial charge in [0.05, 0.1) is 5.69 Å². The lowest BCUT2D eigenvalue weighted by atomic mass is 10.2. The first-order valence-electron chi connectivity index (χ1n) is 6.51. The van der Waals surface area contributed by atoms with Crippen LogP contribution < -0.4 is 5.32 Å². The number of aliphatic hydroxyl groups is 1. The molecule has 0 amide bonds. The van der Waals surface area contributed by atoms with Crippen LogP contribution in [0.4, 0.5) is 5.69 Å². The minimum absolute atomic E-state index is 0.272. The first kappa shape index (κ1) is 13.5. The summed E-state index contributed by atoms with van der Waals surface area (Å²) < 4.78 is 1.71. The van der Waals surface area contributed by atoms with Gasteiger partial charge in [0.2, 0.25) is 0 Å². The van der Waals surface area contributed by atoms with Gasteiger partial charge in [0.25, 0.3) is 0 Å². The molecule has 19 heavy (non-hydrogen) atoms. The topological polar surface area (TPSA) is 75.9 Å². The van der Waals surface area contributed by atoms with E-state index < -0.39 is 0 Å². The SMILES string of the molecule is Cc1nnnn1-c1cccc(NCCCCCO)c1. The Balaban J connectivity index is 1.94. The smallest absolute Gasteiger partial charge is 0.153 e. The Kier molecular flexibility index (Phi) is 4.85. The van der Waals surface area contributed by atoms with Gasteiger partial charge in [-0.1, -0.05) is 6.07 Å². The fraction of sp³-hybridized carbons (Fsp3) is 0.462. The molecule has 6 heteroatoms. The van der Waals surface area contributed by atoms with Crippen molar-refractivity contribution in [1.29, 1.82) is 0 Å². The zero-order valence-electron chi connectivity index (χ0n) is 11.1. The van der Waals surface area contributed by atoms with E-state index >= 15 is 0 Å². The minimum atomic E-state index is 0.272. The van der Waals surface area contributed by atoms with Crippen LogP contribution in [0.3, 0.4) is 0 Å². The first-order valence-corrected chi connectivity index (χ1v) is 6.51. The summed E-state index contributed by atoms with van der Waals surface area (Å²) >= 11 is 0. The zero-order valence-corrected chi connectivity index (χ0v) is 11.1. The van der Waals surface area contributed by atoms with Crippen molar-refractivity contribution in [2.45, 2.75) is 26.2 Å². The number of aromatic nitrogens is 4. The van der Waals surface area contributed by atoms with Crippen molar-refractivity contribution in [3.05, 3.63) is 30.1 Å². The summed E-state index contributed by atoms with van der Waals surface area (Å²) in [6, 6.07) is 8.00. The molecule has 6 nitrogen and oxygen atoms in total. The van der Waals surface area contributed by atoms with E-state index in [0.29, 0.717) is 0 Å². The van der Waals surface area contributed by atoms with Gasteiger partial charge < -0.3 is 10.4 Å². The predicted octanol–water partition coefficient (Wildman–Crippen LogP) is 1.55. The summed E-state index contributed by atoms with van der Waals surface area (Å²) in [4.78, 5) is 0. The van der Waals surface area contributed by atoms with Crippen molar-refractivity contribution in [3.8, 4) is 5.69 Å². The van der Waals surface area contributed by atoms with E-state index in [0.717, 1.165) is 43.0 Å². The van der Waals surface area contributed by atoms with E-state index in [4.69, 9.17) is 5.11 Å². The molecule has 0 fully saturated rings. The van der Waals surface area contributed by atoms with Crippen molar-refractivity contribution >= 4 is 5.69 Å². The Morgan fingerprint density at radius 3 is 2.89 bits per heavy atom. The van der Waals surface area contributed by atoms with Gasteiger partial charge in [0.1, 0.15) is 0 Å². The summed E-state index contributed by atoms with van der Waals surface area (Å²) in [5.74, 6) is 0.764. The molecular weight excluding hydrogens is 242 g/mol. The normalized spacial score (nSPS) is 10.6. The van der Waals surface area contributed by atoms with E-state index in [9.17, 15) is 0 Å². The highest BCUT2D eigenvalue weighted by molar-refractivity contribution is 5.50. The maximum atomic E-state index is 8.71. The Bertz CT molecular complexity index is 511. The van der Waals surface area contributed by atoms with E-state index in [2.05, 4.69) is 20.8 Å². The van der Waals surface area contributed by atoms with Crippen molar-refractivity contribution in [1.82, 2.24) is 20.2 Å². The summed E-state index contributed by atoms with van der Waals surface area (Å²) in [6.07, 6.45) is 2.95. The monoisotopic (exact) mass is 261 g/mol. The van der Waals surface area contributed by atoms with Gasteiger partial charge in [-0.25, -0.2) is 0 Å². The zero-order chi connectivity index (χ0) is 13.5. The van der Waals surface area contributed by atoms with E-state index in [1.165, 1.54) is 0 Å². The van der Waals surface area contributed by atoms with Gasteiger partial charge >= 0.3 is 0 Å². The molecule has 0 atom stereocenters. The number of nitrogens with zero attached hydrogens (tertiary/aromatic N) is 4. The maximum Gasteiger partial charge on any atom is 0.153 e. The number of hydrogen-bond donors (Lipinski definition) is 2. The number of unbranched alkanes of at least 4 members (excludes halogenated alkanes) is 2. The molecule has 0 bridgehead atoms. The Morgan fingerprint density at radius 1 is 1.26 bits per heavy atom. The van der Waals surface area contributed by atoms with Gasteiger partial charge in [-0.15, -0.1) is 5.10 Å². The molecule has 2 rings (SSSR count). The number of aryl methyl sites for hydroxylation is 1. The highest BCUT2D eigenvalue weighted by Crippen LogP contribution is 2.14. The molecule has 102 valence electrons. The van der Waals surface area contributed by atoms with Gasteiger partial charge in [-0.3, -0.25) is 0 Å². The van der Waals surface area contributed by atoms with Gasteiger partial charge in [0, 0.05) is 18.8 Å². The van der Waals surface area contributed by atoms with Crippen LogP contribution in [-0.4, -0.2) is 38.5 Å².